The fourth-order valence-electron chi connectivity index (χ4n) is 1.44. The second-order valence-electron chi connectivity index (χ2n) is 3.42. The Morgan fingerprint density at radius 3 is 2.58 bits per heavy atom. The van der Waals surface area contributed by atoms with Crippen molar-refractivity contribution in [2.45, 2.75) is 19.3 Å². The summed E-state index contributed by atoms with van der Waals surface area (Å²) in [5, 5.41) is 8.72. The van der Waals surface area contributed by atoms with Crippen molar-refractivity contribution >= 4 is 5.97 Å². The molecule has 1 heterocycles. The Kier molecular flexibility index (Phi) is 4.54. The first-order valence-corrected chi connectivity index (χ1v) is 5.00. The molecule has 19 heavy (non-hydrogen) atoms. The van der Waals surface area contributed by atoms with Crippen molar-refractivity contribution in [2.75, 3.05) is 7.11 Å². The van der Waals surface area contributed by atoms with Crippen LogP contribution in [0.25, 0.3) is 0 Å². The van der Waals surface area contributed by atoms with Gasteiger partial charge in [0.05, 0.1) is 19.1 Å². The van der Waals surface area contributed by atoms with Crippen molar-refractivity contribution in [3.05, 3.63) is 17.3 Å². The molecule has 0 aliphatic rings. The number of carboxylic acids is 1. The first kappa shape index (κ1) is 15.0. The molecule has 1 aromatic rings. The molecule has 3 N–H and O–H groups in total. The molecule has 1 aromatic heterocycles. The molecule has 0 atom stereocenters. The van der Waals surface area contributed by atoms with Gasteiger partial charge in [0.25, 0.3) is 0 Å². The number of nitrogens with two attached hydrogens (primary N) is 1. The fraction of sp³-hybridized carbons (Fsp3) is 0.400. The Bertz CT molecular complexity index is 477. The topological polar surface area (TPSA) is 94.7 Å². The maximum atomic E-state index is 12.3. The van der Waals surface area contributed by atoms with Crippen LogP contribution in [0.1, 0.15) is 11.1 Å². The number of aromatic nitrogens is 1. The Hall–Kier alpha value is -2.03. The summed E-state index contributed by atoms with van der Waals surface area (Å²) in [6.07, 6.45) is -4.65. The van der Waals surface area contributed by atoms with Crippen molar-refractivity contribution in [3.63, 3.8) is 0 Å². The van der Waals surface area contributed by atoms with Crippen molar-refractivity contribution in [1.82, 2.24) is 4.98 Å². The quantitative estimate of drug-likeness (QED) is 0.838. The van der Waals surface area contributed by atoms with E-state index >= 15 is 0 Å². The number of pyridine rings is 1. The summed E-state index contributed by atoms with van der Waals surface area (Å²) in [6, 6.07) is 0. The molecule has 6 nitrogen and oxygen atoms in total. The lowest BCUT2D eigenvalue weighted by Gasteiger charge is -2.17. The number of alkyl halides is 3. The van der Waals surface area contributed by atoms with E-state index in [1.807, 2.05) is 0 Å². The van der Waals surface area contributed by atoms with Crippen LogP contribution in [0.4, 0.5) is 13.2 Å². The zero-order chi connectivity index (χ0) is 14.6. The SMILES string of the molecule is COc1ncc(CN)c(OC(F)(F)F)c1CC(=O)O. The van der Waals surface area contributed by atoms with Crippen LogP contribution in [0.15, 0.2) is 6.20 Å². The van der Waals surface area contributed by atoms with Gasteiger partial charge in [-0.25, -0.2) is 4.98 Å². The predicted molar refractivity (Wildman–Crippen MR) is 56.7 cm³/mol. The summed E-state index contributed by atoms with van der Waals surface area (Å²) in [6.45, 7) is -0.283. The molecule has 0 spiro atoms. The number of hydrogen-bond donors (Lipinski definition) is 2. The Labute approximate surface area is 105 Å². The van der Waals surface area contributed by atoms with E-state index in [1.54, 1.807) is 0 Å². The maximum absolute atomic E-state index is 12.3. The van der Waals surface area contributed by atoms with E-state index in [4.69, 9.17) is 15.6 Å². The molecule has 0 aromatic carbocycles. The third-order valence-corrected chi connectivity index (χ3v) is 2.12. The highest BCUT2D eigenvalue weighted by atomic mass is 19.4. The number of ether oxygens (including phenoxy) is 2. The van der Waals surface area contributed by atoms with Gasteiger partial charge in [-0.2, -0.15) is 0 Å². The Morgan fingerprint density at radius 2 is 2.16 bits per heavy atom. The molecule has 1 rings (SSSR count). The van der Waals surface area contributed by atoms with E-state index in [2.05, 4.69) is 9.72 Å². The van der Waals surface area contributed by atoms with E-state index in [1.165, 1.54) is 0 Å². The molecule has 0 unspecified atom stereocenters. The van der Waals surface area contributed by atoms with Crippen molar-refractivity contribution in [2.24, 2.45) is 5.73 Å². The van der Waals surface area contributed by atoms with Crippen LogP contribution in [0.3, 0.4) is 0 Å². The van der Waals surface area contributed by atoms with Gasteiger partial charge in [0.15, 0.2) is 0 Å². The molecule has 0 aliphatic carbocycles. The number of carboxylic acid groups (broad SMARTS) is 1. The largest absolute Gasteiger partial charge is 0.573 e. The maximum Gasteiger partial charge on any atom is 0.573 e. The minimum absolute atomic E-state index is 0.0608. The summed E-state index contributed by atoms with van der Waals surface area (Å²) < 4.78 is 45.6. The van der Waals surface area contributed by atoms with Gasteiger partial charge in [-0.1, -0.05) is 0 Å². The third-order valence-electron chi connectivity index (χ3n) is 2.12. The fourth-order valence-corrected chi connectivity index (χ4v) is 1.44. The second-order valence-corrected chi connectivity index (χ2v) is 3.42. The van der Waals surface area contributed by atoms with E-state index in [0.29, 0.717) is 0 Å². The van der Waals surface area contributed by atoms with E-state index in [9.17, 15) is 18.0 Å². The van der Waals surface area contributed by atoms with Crippen LogP contribution in [0, 0.1) is 0 Å². The van der Waals surface area contributed by atoms with Crippen LogP contribution in [-0.2, 0) is 17.8 Å². The molecule has 106 valence electrons. The molecule has 0 saturated carbocycles. The predicted octanol–water partition coefficient (Wildman–Crippen LogP) is 1.07. The molecule has 0 radical (unpaired) electrons. The summed E-state index contributed by atoms with van der Waals surface area (Å²) in [5.41, 5.74) is 4.91. The van der Waals surface area contributed by atoms with Gasteiger partial charge >= 0.3 is 12.3 Å². The second kappa shape index (κ2) is 5.74. The van der Waals surface area contributed by atoms with Crippen molar-refractivity contribution < 1.29 is 32.5 Å². The molecule has 0 aliphatic heterocycles. The van der Waals surface area contributed by atoms with E-state index < -0.39 is 24.5 Å². The third kappa shape index (κ3) is 3.98. The number of methoxy groups -OCH3 is 1. The average molecular weight is 280 g/mol. The van der Waals surface area contributed by atoms with Crippen LogP contribution < -0.4 is 15.2 Å². The van der Waals surface area contributed by atoms with Crippen LogP contribution >= 0.6 is 0 Å². The first-order valence-electron chi connectivity index (χ1n) is 5.00. The number of nitrogens with zero attached hydrogens (tertiary/aromatic N) is 1. The number of halogens is 3. The van der Waals surface area contributed by atoms with Crippen LogP contribution in [-0.4, -0.2) is 29.5 Å². The van der Waals surface area contributed by atoms with Crippen molar-refractivity contribution in [3.8, 4) is 11.6 Å². The highest BCUT2D eigenvalue weighted by Crippen LogP contribution is 2.34. The summed E-state index contributed by atoms with van der Waals surface area (Å²) in [4.78, 5) is 14.4. The summed E-state index contributed by atoms with van der Waals surface area (Å²) >= 11 is 0. The monoisotopic (exact) mass is 280 g/mol. The van der Waals surface area contributed by atoms with Gasteiger partial charge in [-0.15, -0.1) is 13.2 Å². The Balaban J connectivity index is 3.38. The lowest BCUT2D eigenvalue weighted by atomic mass is 10.1. The molecular formula is C10H11F3N2O4. The number of carbonyl (C=O) groups is 1. The molecule has 0 bridgehead atoms. The minimum Gasteiger partial charge on any atom is -0.481 e. The van der Waals surface area contributed by atoms with E-state index in [-0.39, 0.29) is 23.6 Å². The standard InChI is InChI=1S/C10H11F3N2O4/c1-18-9-6(2-7(16)17)8(19-10(11,12)13)5(3-14)4-15-9/h4H,2-3,14H2,1H3,(H,16,17). The zero-order valence-electron chi connectivity index (χ0n) is 9.82. The highest BCUT2D eigenvalue weighted by molar-refractivity contribution is 5.72. The summed E-state index contributed by atoms with van der Waals surface area (Å²) in [5.74, 6) is -2.27. The highest BCUT2D eigenvalue weighted by Gasteiger charge is 2.34. The van der Waals surface area contributed by atoms with Gasteiger partial charge in [0, 0.05) is 18.3 Å². The normalized spacial score (nSPS) is 11.2. The lowest BCUT2D eigenvalue weighted by Crippen LogP contribution is -2.21. The molecule has 0 amide bonds. The minimum atomic E-state index is -4.97. The van der Waals surface area contributed by atoms with Crippen LogP contribution in [0.5, 0.6) is 11.6 Å². The van der Waals surface area contributed by atoms with Gasteiger partial charge in [-0.05, 0) is 0 Å². The number of aliphatic carboxylic acids is 1. The number of hydrogen-bond acceptors (Lipinski definition) is 5. The summed E-state index contributed by atoms with van der Waals surface area (Å²) in [7, 11) is 1.16. The molecule has 0 saturated heterocycles. The number of rotatable bonds is 5. The van der Waals surface area contributed by atoms with Gasteiger partial charge < -0.3 is 20.3 Å². The van der Waals surface area contributed by atoms with Crippen molar-refractivity contribution in [1.29, 1.82) is 0 Å². The molecule has 0 fully saturated rings. The van der Waals surface area contributed by atoms with Gasteiger partial charge in [0.1, 0.15) is 5.75 Å². The van der Waals surface area contributed by atoms with Gasteiger partial charge in [-0.3, -0.25) is 4.79 Å². The van der Waals surface area contributed by atoms with Gasteiger partial charge in [0.2, 0.25) is 5.88 Å². The smallest absolute Gasteiger partial charge is 0.481 e. The first-order chi connectivity index (χ1) is 8.78. The van der Waals surface area contributed by atoms with Crippen LogP contribution in [0.2, 0.25) is 0 Å². The lowest BCUT2D eigenvalue weighted by molar-refractivity contribution is -0.275. The average Bonchev–Trinajstić information content (AvgIpc) is 2.28. The Morgan fingerprint density at radius 1 is 1.53 bits per heavy atom. The zero-order valence-corrected chi connectivity index (χ0v) is 9.82. The molecular weight excluding hydrogens is 269 g/mol. The molecule has 9 heteroatoms. The van der Waals surface area contributed by atoms with E-state index in [0.717, 1.165) is 13.3 Å².